The highest BCUT2D eigenvalue weighted by molar-refractivity contribution is 7.99. The minimum atomic E-state index is -0.388. The molecule has 0 radical (unpaired) electrons. The van der Waals surface area contributed by atoms with Crippen molar-refractivity contribution in [2.75, 3.05) is 12.8 Å². The van der Waals surface area contributed by atoms with Crippen LogP contribution < -0.4 is 5.32 Å². The van der Waals surface area contributed by atoms with E-state index >= 15 is 0 Å². The van der Waals surface area contributed by atoms with Crippen LogP contribution in [0.2, 0.25) is 0 Å². The van der Waals surface area contributed by atoms with Crippen LogP contribution in [0.15, 0.2) is 17.2 Å². The Morgan fingerprint density at radius 1 is 1.75 bits per heavy atom. The van der Waals surface area contributed by atoms with Gasteiger partial charge < -0.3 is 15.4 Å². The predicted octanol–water partition coefficient (Wildman–Crippen LogP) is 0.742. The Hall–Kier alpha value is -0.450. The molecule has 0 aliphatic carbocycles. The minimum absolute atomic E-state index is 0.168. The van der Waals surface area contributed by atoms with E-state index in [1.54, 1.807) is 11.8 Å². The number of hydrogen-bond acceptors (Lipinski definition) is 3. The highest BCUT2D eigenvalue weighted by atomic mass is 32.2. The van der Waals surface area contributed by atoms with Crippen LogP contribution in [0, 0.1) is 0 Å². The van der Waals surface area contributed by atoms with Gasteiger partial charge in [-0.05, 0) is 13.1 Å². The molecule has 0 bridgehead atoms. The van der Waals surface area contributed by atoms with Crippen molar-refractivity contribution in [1.82, 2.24) is 10.3 Å². The van der Waals surface area contributed by atoms with Crippen LogP contribution in [0.25, 0.3) is 0 Å². The summed E-state index contributed by atoms with van der Waals surface area (Å²) in [5, 5.41) is 12.9. The van der Waals surface area contributed by atoms with Crippen LogP contribution in [-0.4, -0.2) is 28.9 Å². The molecule has 1 aromatic rings. The number of hydrogen-bond donors (Lipinski definition) is 3. The number of aromatic amines is 1. The van der Waals surface area contributed by atoms with E-state index in [-0.39, 0.29) is 12.1 Å². The molecule has 4 heteroatoms. The zero-order valence-electron chi connectivity index (χ0n) is 6.87. The molecule has 1 aromatic heterocycles. The minimum Gasteiger partial charge on any atom is -0.385 e. The highest BCUT2D eigenvalue weighted by Gasteiger charge is 2.27. The lowest BCUT2D eigenvalue weighted by Crippen LogP contribution is -2.36. The zero-order valence-corrected chi connectivity index (χ0v) is 7.69. The summed E-state index contributed by atoms with van der Waals surface area (Å²) in [7, 11) is 1.88. The van der Waals surface area contributed by atoms with Crippen molar-refractivity contribution < 1.29 is 5.11 Å². The molecule has 2 rings (SSSR count). The van der Waals surface area contributed by atoms with Crippen molar-refractivity contribution in [2.45, 2.75) is 17.0 Å². The molecule has 66 valence electrons. The normalized spacial score (nSPS) is 28.5. The number of aromatic nitrogens is 1. The van der Waals surface area contributed by atoms with Gasteiger partial charge in [-0.1, -0.05) is 0 Å². The molecule has 0 saturated carbocycles. The number of H-pyrrole nitrogens is 1. The Kier molecular flexibility index (Phi) is 2.12. The lowest BCUT2D eigenvalue weighted by molar-refractivity contribution is 0.133. The quantitative estimate of drug-likeness (QED) is 0.603. The van der Waals surface area contributed by atoms with Crippen molar-refractivity contribution in [1.29, 1.82) is 0 Å². The molecule has 1 aliphatic rings. The summed E-state index contributed by atoms with van der Waals surface area (Å²) in [6, 6.07) is 2.18. The van der Waals surface area contributed by atoms with Gasteiger partial charge in [-0.25, -0.2) is 0 Å². The number of aliphatic hydroxyl groups is 1. The van der Waals surface area contributed by atoms with Crippen LogP contribution in [-0.2, 0) is 0 Å². The topological polar surface area (TPSA) is 48.0 Å². The van der Waals surface area contributed by atoms with Gasteiger partial charge in [0.1, 0.15) is 6.10 Å². The first kappa shape index (κ1) is 8.16. The Balaban J connectivity index is 2.29. The summed E-state index contributed by atoms with van der Waals surface area (Å²) in [4.78, 5) is 4.24. The Morgan fingerprint density at radius 2 is 2.58 bits per heavy atom. The molecule has 0 amide bonds. The van der Waals surface area contributed by atoms with Gasteiger partial charge in [0.2, 0.25) is 0 Å². The van der Waals surface area contributed by atoms with E-state index in [0.717, 1.165) is 11.4 Å². The second-order valence-corrected chi connectivity index (χ2v) is 3.97. The van der Waals surface area contributed by atoms with Gasteiger partial charge in [-0.15, -0.1) is 11.8 Å². The summed E-state index contributed by atoms with van der Waals surface area (Å²) in [5.74, 6) is 0.933. The maximum absolute atomic E-state index is 9.80. The molecule has 3 nitrogen and oxygen atoms in total. The fourth-order valence-electron chi connectivity index (χ4n) is 1.44. The van der Waals surface area contributed by atoms with E-state index < -0.39 is 0 Å². The van der Waals surface area contributed by atoms with Crippen LogP contribution >= 0.6 is 11.8 Å². The molecule has 0 fully saturated rings. The second-order valence-electron chi connectivity index (χ2n) is 2.91. The van der Waals surface area contributed by atoms with E-state index in [4.69, 9.17) is 0 Å². The smallest absolute Gasteiger partial charge is 0.111 e. The SMILES string of the molecule is CNC1CSc2cc[nH]c2C1O. The molecular weight excluding hydrogens is 172 g/mol. The number of thioether (sulfide) groups is 1. The number of aliphatic hydroxyl groups excluding tert-OH is 1. The molecule has 2 atom stereocenters. The van der Waals surface area contributed by atoms with Crippen LogP contribution in [0.3, 0.4) is 0 Å². The molecule has 3 N–H and O–H groups in total. The van der Waals surface area contributed by atoms with Crippen molar-refractivity contribution in [3.05, 3.63) is 18.0 Å². The summed E-state index contributed by atoms with van der Waals surface area (Å²) in [5.41, 5.74) is 0.950. The van der Waals surface area contributed by atoms with Crippen LogP contribution in [0.1, 0.15) is 11.8 Å². The van der Waals surface area contributed by atoms with E-state index in [2.05, 4.69) is 10.3 Å². The predicted molar refractivity (Wildman–Crippen MR) is 49.3 cm³/mol. The zero-order chi connectivity index (χ0) is 8.55. The Bertz CT molecular complexity index is 274. The molecule has 2 unspecified atom stereocenters. The first-order valence-corrected chi connectivity index (χ1v) is 4.97. The van der Waals surface area contributed by atoms with E-state index in [1.807, 2.05) is 19.3 Å². The van der Waals surface area contributed by atoms with Gasteiger partial charge >= 0.3 is 0 Å². The lowest BCUT2D eigenvalue weighted by Gasteiger charge is -2.26. The summed E-state index contributed by atoms with van der Waals surface area (Å²) in [6.45, 7) is 0. The van der Waals surface area contributed by atoms with Crippen molar-refractivity contribution in [3.63, 3.8) is 0 Å². The maximum atomic E-state index is 9.80. The van der Waals surface area contributed by atoms with Crippen molar-refractivity contribution in [2.24, 2.45) is 0 Å². The average Bonchev–Trinajstić information content (AvgIpc) is 2.53. The first-order chi connectivity index (χ1) is 5.83. The molecule has 2 heterocycles. The third kappa shape index (κ3) is 1.16. The Labute approximate surface area is 75.6 Å². The molecule has 0 saturated heterocycles. The number of rotatable bonds is 1. The summed E-state index contributed by atoms with van der Waals surface area (Å²) < 4.78 is 0. The lowest BCUT2D eigenvalue weighted by atomic mass is 10.1. The Morgan fingerprint density at radius 3 is 3.33 bits per heavy atom. The number of nitrogens with one attached hydrogen (secondary N) is 2. The van der Waals surface area contributed by atoms with Gasteiger partial charge in [-0.2, -0.15) is 0 Å². The average molecular weight is 184 g/mol. The van der Waals surface area contributed by atoms with Gasteiger partial charge in [0.05, 0.1) is 5.69 Å². The third-order valence-corrected chi connectivity index (χ3v) is 3.40. The molecule has 0 aromatic carbocycles. The van der Waals surface area contributed by atoms with E-state index in [0.29, 0.717) is 0 Å². The first-order valence-electron chi connectivity index (χ1n) is 3.98. The monoisotopic (exact) mass is 184 g/mol. The van der Waals surface area contributed by atoms with E-state index in [9.17, 15) is 5.11 Å². The van der Waals surface area contributed by atoms with Crippen LogP contribution in [0.4, 0.5) is 0 Å². The number of likely N-dealkylation sites (N-methyl/N-ethyl adjacent to an activating group) is 1. The van der Waals surface area contributed by atoms with Gasteiger partial charge in [0.25, 0.3) is 0 Å². The number of fused-ring (bicyclic) bond motifs is 1. The van der Waals surface area contributed by atoms with Crippen molar-refractivity contribution >= 4 is 11.8 Å². The summed E-state index contributed by atoms with van der Waals surface area (Å²) >= 11 is 1.78. The summed E-state index contributed by atoms with van der Waals surface area (Å²) in [6.07, 6.45) is 1.49. The molecule has 1 aliphatic heterocycles. The highest BCUT2D eigenvalue weighted by Crippen LogP contribution is 2.34. The third-order valence-electron chi connectivity index (χ3n) is 2.21. The molecule has 12 heavy (non-hydrogen) atoms. The fraction of sp³-hybridized carbons (Fsp3) is 0.500. The molecular formula is C8H12N2OS. The maximum Gasteiger partial charge on any atom is 0.111 e. The fourth-order valence-corrected chi connectivity index (χ4v) is 2.65. The van der Waals surface area contributed by atoms with Crippen molar-refractivity contribution in [3.8, 4) is 0 Å². The molecule has 0 spiro atoms. The van der Waals surface area contributed by atoms with E-state index in [1.165, 1.54) is 4.90 Å². The second kappa shape index (κ2) is 3.12. The van der Waals surface area contributed by atoms with Gasteiger partial charge in [0.15, 0.2) is 0 Å². The van der Waals surface area contributed by atoms with Crippen LogP contribution in [0.5, 0.6) is 0 Å². The van der Waals surface area contributed by atoms with Gasteiger partial charge in [0, 0.05) is 22.9 Å². The standard InChI is InChI=1S/C8H12N2OS/c1-9-5-4-12-6-2-3-10-7(6)8(5)11/h2-3,5,8-11H,4H2,1H3. The largest absolute Gasteiger partial charge is 0.385 e. The van der Waals surface area contributed by atoms with Gasteiger partial charge in [-0.3, -0.25) is 0 Å².